The van der Waals surface area contributed by atoms with Crippen LogP contribution in [0.25, 0.3) is 10.9 Å². The molecule has 0 saturated carbocycles. The summed E-state index contributed by atoms with van der Waals surface area (Å²) in [5, 5.41) is 6.17. The van der Waals surface area contributed by atoms with Gasteiger partial charge in [0.15, 0.2) is 11.5 Å². The van der Waals surface area contributed by atoms with E-state index >= 15 is 0 Å². The number of carbonyl (C=O) groups is 2. The van der Waals surface area contributed by atoms with Crippen LogP contribution in [0.4, 0.5) is 0 Å². The van der Waals surface area contributed by atoms with Crippen molar-refractivity contribution < 1.29 is 23.8 Å². The minimum absolute atomic E-state index is 0.0243. The fourth-order valence-electron chi connectivity index (χ4n) is 8.00. The molecule has 1 aliphatic heterocycles. The number of amides is 1. The molecule has 1 unspecified atom stereocenters. The van der Waals surface area contributed by atoms with Crippen molar-refractivity contribution >= 4 is 40.0 Å². The van der Waals surface area contributed by atoms with Crippen LogP contribution in [-0.2, 0) is 24.2 Å². The Morgan fingerprint density at radius 3 is 2.30 bits per heavy atom. The molecular weight excluding hydrogens is 688 g/mol. The molecule has 274 valence electrons. The van der Waals surface area contributed by atoms with Crippen molar-refractivity contribution in [3.05, 3.63) is 123 Å². The number of likely N-dealkylation sites (tertiary alicyclic amines) is 1. The molecule has 9 nitrogen and oxygen atoms in total. The van der Waals surface area contributed by atoms with Crippen LogP contribution in [0.1, 0.15) is 57.6 Å². The lowest BCUT2D eigenvalue weighted by Gasteiger charge is -2.33. The van der Waals surface area contributed by atoms with Gasteiger partial charge in [0.1, 0.15) is 5.75 Å². The highest BCUT2D eigenvalue weighted by molar-refractivity contribution is 6.30. The summed E-state index contributed by atoms with van der Waals surface area (Å²) in [6.07, 6.45) is 4.05. The van der Waals surface area contributed by atoms with Crippen LogP contribution < -0.4 is 19.6 Å². The minimum atomic E-state index is -0.275. The molecule has 0 bridgehead atoms. The Hall–Kier alpha value is -5.12. The van der Waals surface area contributed by atoms with Gasteiger partial charge in [-0.05, 0) is 123 Å². The highest BCUT2D eigenvalue weighted by Crippen LogP contribution is 2.40. The number of aromatic nitrogens is 1. The molecule has 2 heterocycles. The van der Waals surface area contributed by atoms with E-state index in [2.05, 4.69) is 40.7 Å². The first-order chi connectivity index (χ1) is 25.8. The Balaban J connectivity index is 1.13. The molecule has 1 aromatic heterocycles. The second-order valence-electron chi connectivity index (χ2n) is 14.0. The van der Waals surface area contributed by atoms with Crippen molar-refractivity contribution in [3.8, 4) is 17.2 Å². The summed E-state index contributed by atoms with van der Waals surface area (Å²) in [7, 11) is 4.87. The maximum atomic E-state index is 13.8. The monoisotopic (exact) mass is 732 g/mol. The summed E-state index contributed by atoms with van der Waals surface area (Å²) in [6.45, 7) is 4.95. The molecule has 1 saturated heterocycles. The summed E-state index contributed by atoms with van der Waals surface area (Å²) in [6, 6.07) is 27.0. The van der Waals surface area contributed by atoms with Crippen molar-refractivity contribution in [2.75, 3.05) is 34.4 Å². The molecule has 0 spiro atoms. The van der Waals surface area contributed by atoms with Crippen LogP contribution in [0.15, 0.2) is 90.0 Å². The van der Waals surface area contributed by atoms with E-state index < -0.39 is 0 Å². The molecule has 4 aromatic carbocycles. The summed E-state index contributed by atoms with van der Waals surface area (Å²) in [5.74, 6) is 2.15. The number of nitrogens with zero attached hydrogens (tertiary/aromatic N) is 3. The zero-order valence-corrected chi connectivity index (χ0v) is 31.4. The SMILES string of the molecule is COc1ccc2c(c1)c(CC(=O)N/N=C1\c3cc(OC)c(OC)cc3CC1CC1CCN(Cc3ccccc3)CC1)c(C)n2C(=O)c1ccc(Cl)cc1. The van der Waals surface area contributed by atoms with E-state index in [4.69, 9.17) is 30.9 Å². The Bertz CT molecular complexity index is 2150. The van der Waals surface area contributed by atoms with Gasteiger partial charge in [-0.3, -0.25) is 19.1 Å². The second kappa shape index (κ2) is 15.9. The zero-order chi connectivity index (χ0) is 37.1. The van der Waals surface area contributed by atoms with Gasteiger partial charge >= 0.3 is 0 Å². The normalized spacial score (nSPS) is 16.8. The number of fused-ring (bicyclic) bond motifs is 2. The summed E-state index contributed by atoms with van der Waals surface area (Å²) in [4.78, 5) is 30.2. The number of hydrogen-bond acceptors (Lipinski definition) is 7. The number of piperidine rings is 1. The number of carbonyl (C=O) groups excluding carboxylic acids is 2. The lowest BCUT2D eigenvalue weighted by Crippen LogP contribution is -2.34. The topological polar surface area (TPSA) is 94.4 Å². The fraction of sp³-hybridized carbons (Fsp3) is 0.326. The number of hydrazone groups is 1. The molecule has 5 aromatic rings. The molecule has 1 N–H and O–H groups in total. The number of hydrogen-bond donors (Lipinski definition) is 1. The molecule has 53 heavy (non-hydrogen) atoms. The highest BCUT2D eigenvalue weighted by Gasteiger charge is 2.34. The third-order valence-corrected chi connectivity index (χ3v) is 11.0. The van der Waals surface area contributed by atoms with Gasteiger partial charge in [0.25, 0.3) is 5.91 Å². The van der Waals surface area contributed by atoms with Gasteiger partial charge in [-0.2, -0.15) is 5.10 Å². The van der Waals surface area contributed by atoms with Crippen LogP contribution in [0, 0.1) is 18.8 Å². The van der Waals surface area contributed by atoms with Crippen molar-refractivity contribution in [2.24, 2.45) is 16.9 Å². The van der Waals surface area contributed by atoms with E-state index in [9.17, 15) is 9.59 Å². The molecule has 1 atom stereocenters. The predicted octanol–water partition coefficient (Wildman–Crippen LogP) is 7.86. The fourth-order valence-corrected chi connectivity index (χ4v) is 8.13. The van der Waals surface area contributed by atoms with Gasteiger partial charge in [-0.25, -0.2) is 5.43 Å². The number of rotatable bonds is 11. The first-order valence-electron chi connectivity index (χ1n) is 18.1. The minimum Gasteiger partial charge on any atom is -0.497 e. The standard InChI is InChI=1S/C43H45ClN4O5/c1-27-35(37-23-34(51-2)14-15-38(37)48(27)43(50)30-10-12-33(44)13-11-30)25-41(49)45-46-42-32(21-31-22-39(52-3)40(53-4)24-36(31)42)20-28-16-18-47(19-17-28)26-29-8-6-5-7-9-29/h5-15,22-24,28,32H,16-21,25-26H2,1-4H3,(H,45,49)/b46-42-. The Kier molecular flexibility index (Phi) is 10.8. The third kappa shape index (κ3) is 7.68. The average molecular weight is 733 g/mol. The van der Waals surface area contributed by atoms with E-state index in [1.54, 1.807) is 50.2 Å². The van der Waals surface area contributed by atoms with E-state index in [1.807, 2.05) is 37.3 Å². The van der Waals surface area contributed by atoms with Gasteiger partial charge in [-0.1, -0.05) is 41.9 Å². The lowest BCUT2D eigenvalue weighted by molar-refractivity contribution is -0.120. The number of ether oxygens (including phenoxy) is 3. The molecule has 1 amide bonds. The third-order valence-electron chi connectivity index (χ3n) is 10.8. The van der Waals surface area contributed by atoms with Gasteiger partial charge < -0.3 is 14.2 Å². The number of nitrogens with one attached hydrogen (secondary N) is 1. The van der Waals surface area contributed by atoms with E-state index in [1.165, 1.54) is 5.56 Å². The molecule has 7 rings (SSSR count). The highest BCUT2D eigenvalue weighted by atomic mass is 35.5. The van der Waals surface area contributed by atoms with Crippen LogP contribution in [0.5, 0.6) is 17.2 Å². The van der Waals surface area contributed by atoms with E-state index in [0.717, 1.165) is 73.1 Å². The molecule has 0 radical (unpaired) electrons. The Morgan fingerprint density at radius 1 is 0.887 bits per heavy atom. The quantitative estimate of drug-likeness (QED) is 0.139. The van der Waals surface area contributed by atoms with Crippen molar-refractivity contribution in [2.45, 2.75) is 45.6 Å². The molecular formula is C43H45ClN4O5. The van der Waals surface area contributed by atoms with Crippen LogP contribution in [0.3, 0.4) is 0 Å². The summed E-state index contributed by atoms with van der Waals surface area (Å²) in [5.41, 5.74) is 9.81. The molecule has 2 aliphatic rings. The van der Waals surface area contributed by atoms with Gasteiger partial charge in [0.05, 0.1) is 39.0 Å². The van der Waals surface area contributed by atoms with E-state index in [-0.39, 0.29) is 24.2 Å². The smallest absolute Gasteiger partial charge is 0.262 e. The average Bonchev–Trinajstić information content (AvgIpc) is 3.65. The van der Waals surface area contributed by atoms with Crippen LogP contribution in [0.2, 0.25) is 5.02 Å². The van der Waals surface area contributed by atoms with Gasteiger partial charge in [0.2, 0.25) is 5.91 Å². The Labute approximate surface area is 315 Å². The summed E-state index contributed by atoms with van der Waals surface area (Å²) < 4.78 is 18.5. The lowest BCUT2D eigenvalue weighted by atomic mass is 9.85. The number of benzene rings is 4. The molecule has 1 aliphatic carbocycles. The molecule has 10 heteroatoms. The first kappa shape index (κ1) is 36.2. The van der Waals surface area contributed by atoms with Gasteiger partial charge in [-0.15, -0.1) is 0 Å². The maximum absolute atomic E-state index is 13.8. The molecule has 1 fully saturated rings. The van der Waals surface area contributed by atoms with Crippen molar-refractivity contribution in [1.29, 1.82) is 0 Å². The second-order valence-corrected chi connectivity index (χ2v) is 14.4. The van der Waals surface area contributed by atoms with Crippen molar-refractivity contribution in [3.63, 3.8) is 0 Å². The number of halogens is 1. The van der Waals surface area contributed by atoms with E-state index in [0.29, 0.717) is 45.0 Å². The van der Waals surface area contributed by atoms with Crippen LogP contribution >= 0.6 is 11.6 Å². The maximum Gasteiger partial charge on any atom is 0.262 e. The zero-order valence-electron chi connectivity index (χ0n) is 30.7. The summed E-state index contributed by atoms with van der Waals surface area (Å²) >= 11 is 6.10. The Morgan fingerprint density at radius 2 is 1.60 bits per heavy atom. The largest absolute Gasteiger partial charge is 0.497 e. The van der Waals surface area contributed by atoms with Crippen LogP contribution in [-0.4, -0.2) is 61.4 Å². The van der Waals surface area contributed by atoms with Crippen molar-refractivity contribution in [1.82, 2.24) is 14.9 Å². The first-order valence-corrected chi connectivity index (χ1v) is 18.5. The van der Waals surface area contributed by atoms with Gasteiger partial charge in [0, 0.05) is 39.7 Å². The number of methoxy groups -OCH3 is 3. The predicted molar refractivity (Wildman–Crippen MR) is 209 cm³/mol.